The predicted molar refractivity (Wildman–Crippen MR) is 76.8 cm³/mol. The van der Waals surface area contributed by atoms with Crippen LogP contribution in [-0.2, 0) is 4.74 Å². The number of aliphatic hydroxyl groups excluding tert-OH is 1. The van der Waals surface area contributed by atoms with Crippen LogP contribution in [0.3, 0.4) is 0 Å². The van der Waals surface area contributed by atoms with Gasteiger partial charge < -0.3 is 15.2 Å². The van der Waals surface area contributed by atoms with Crippen molar-refractivity contribution < 1.29 is 9.84 Å². The van der Waals surface area contributed by atoms with Gasteiger partial charge in [-0.1, -0.05) is 12.1 Å². The van der Waals surface area contributed by atoms with Crippen LogP contribution in [0.2, 0.25) is 0 Å². The summed E-state index contributed by atoms with van der Waals surface area (Å²) in [7, 11) is 1.76. The van der Waals surface area contributed by atoms with E-state index in [1.807, 2.05) is 24.3 Å². The molecule has 1 aromatic rings. The molecule has 0 aromatic heterocycles. The number of ether oxygens (including phenoxy) is 1. The highest BCUT2D eigenvalue weighted by molar-refractivity contribution is 9.10. The van der Waals surface area contributed by atoms with E-state index in [9.17, 15) is 5.11 Å². The molecule has 1 saturated carbocycles. The van der Waals surface area contributed by atoms with Crippen molar-refractivity contribution >= 4 is 21.6 Å². The normalized spacial score (nSPS) is 28.1. The van der Waals surface area contributed by atoms with Crippen molar-refractivity contribution in [2.45, 2.75) is 37.3 Å². The van der Waals surface area contributed by atoms with Crippen LogP contribution in [0.25, 0.3) is 0 Å². The maximum atomic E-state index is 9.73. The molecule has 18 heavy (non-hydrogen) atoms. The SMILES string of the molecule is COC1CCC(CO)(Nc2ccccc2Br)CC1. The summed E-state index contributed by atoms with van der Waals surface area (Å²) in [4.78, 5) is 0. The molecule has 0 amide bonds. The number of hydrogen-bond acceptors (Lipinski definition) is 3. The number of para-hydroxylation sites is 1. The van der Waals surface area contributed by atoms with Gasteiger partial charge in [0.1, 0.15) is 0 Å². The predicted octanol–water partition coefficient (Wildman–Crippen LogP) is 3.18. The third-order valence-corrected chi connectivity index (χ3v) is 4.49. The van der Waals surface area contributed by atoms with Gasteiger partial charge in [-0.3, -0.25) is 0 Å². The molecule has 0 radical (unpaired) electrons. The van der Waals surface area contributed by atoms with Gasteiger partial charge in [0.25, 0.3) is 0 Å². The molecule has 0 aliphatic heterocycles. The molecule has 0 spiro atoms. The first-order valence-electron chi connectivity index (χ1n) is 6.35. The van der Waals surface area contributed by atoms with E-state index in [2.05, 4.69) is 21.2 Å². The standard InChI is InChI=1S/C14H20BrNO2/c1-18-11-6-8-14(10-17,9-7-11)16-13-5-3-2-4-12(13)15/h2-5,11,16-17H,6-10H2,1H3. The zero-order valence-electron chi connectivity index (χ0n) is 10.7. The van der Waals surface area contributed by atoms with Crippen LogP contribution >= 0.6 is 15.9 Å². The first kappa shape index (κ1) is 13.8. The maximum absolute atomic E-state index is 9.73. The maximum Gasteiger partial charge on any atom is 0.0661 e. The Morgan fingerprint density at radius 3 is 2.61 bits per heavy atom. The summed E-state index contributed by atoms with van der Waals surface area (Å²) in [5.74, 6) is 0. The topological polar surface area (TPSA) is 41.5 Å². The van der Waals surface area contributed by atoms with Crippen molar-refractivity contribution in [1.29, 1.82) is 0 Å². The van der Waals surface area contributed by atoms with Crippen molar-refractivity contribution in [3.05, 3.63) is 28.7 Å². The Morgan fingerprint density at radius 2 is 2.06 bits per heavy atom. The Hall–Kier alpha value is -0.580. The van der Waals surface area contributed by atoms with Gasteiger partial charge in [-0.25, -0.2) is 0 Å². The van der Waals surface area contributed by atoms with Crippen molar-refractivity contribution in [3.63, 3.8) is 0 Å². The minimum absolute atomic E-state index is 0.158. The molecule has 0 saturated heterocycles. The Bertz CT molecular complexity index is 389. The average molecular weight is 314 g/mol. The first-order chi connectivity index (χ1) is 8.69. The van der Waals surface area contributed by atoms with Crippen molar-refractivity contribution in [1.82, 2.24) is 0 Å². The zero-order chi connectivity index (χ0) is 13.0. The van der Waals surface area contributed by atoms with Crippen LogP contribution < -0.4 is 5.32 Å². The second kappa shape index (κ2) is 6.04. The first-order valence-corrected chi connectivity index (χ1v) is 7.15. The Labute approximate surface area is 117 Å². The van der Waals surface area contributed by atoms with Gasteiger partial charge >= 0.3 is 0 Å². The van der Waals surface area contributed by atoms with Crippen LogP contribution in [0.15, 0.2) is 28.7 Å². The van der Waals surface area contributed by atoms with Gasteiger partial charge in [0.05, 0.1) is 18.2 Å². The smallest absolute Gasteiger partial charge is 0.0661 e. The molecular formula is C14H20BrNO2. The largest absolute Gasteiger partial charge is 0.394 e. The molecule has 0 unspecified atom stereocenters. The van der Waals surface area contributed by atoms with Crippen LogP contribution in [0.5, 0.6) is 0 Å². The molecule has 0 bridgehead atoms. The van der Waals surface area contributed by atoms with Gasteiger partial charge in [-0.05, 0) is 53.7 Å². The fourth-order valence-electron chi connectivity index (χ4n) is 2.55. The van der Waals surface area contributed by atoms with Gasteiger partial charge in [0.15, 0.2) is 0 Å². The summed E-state index contributed by atoms with van der Waals surface area (Å²) in [6.07, 6.45) is 4.20. The Morgan fingerprint density at radius 1 is 1.39 bits per heavy atom. The highest BCUT2D eigenvalue weighted by Gasteiger charge is 2.35. The molecule has 2 rings (SSSR count). The van der Waals surface area contributed by atoms with E-state index in [1.54, 1.807) is 7.11 Å². The third kappa shape index (κ3) is 3.05. The lowest BCUT2D eigenvalue weighted by Crippen LogP contribution is -2.46. The number of anilines is 1. The Balaban J connectivity index is 2.08. The Kier molecular flexibility index (Phi) is 4.65. The molecule has 1 aromatic carbocycles. The second-order valence-corrected chi connectivity index (χ2v) is 5.83. The lowest BCUT2D eigenvalue weighted by atomic mass is 9.80. The van der Waals surface area contributed by atoms with E-state index < -0.39 is 0 Å². The van der Waals surface area contributed by atoms with Crippen molar-refractivity contribution in [3.8, 4) is 0 Å². The molecule has 4 heteroatoms. The number of nitrogens with one attached hydrogen (secondary N) is 1. The molecule has 2 N–H and O–H groups in total. The van der Waals surface area contributed by atoms with Crippen LogP contribution in [-0.4, -0.2) is 30.5 Å². The van der Waals surface area contributed by atoms with E-state index in [0.29, 0.717) is 6.10 Å². The number of rotatable bonds is 4. The number of methoxy groups -OCH3 is 1. The summed E-state index contributed by atoms with van der Waals surface area (Å²) < 4.78 is 6.42. The summed E-state index contributed by atoms with van der Waals surface area (Å²) >= 11 is 3.53. The van der Waals surface area contributed by atoms with Gasteiger partial charge in [0, 0.05) is 17.3 Å². The highest BCUT2D eigenvalue weighted by atomic mass is 79.9. The molecule has 0 heterocycles. The van der Waals surface area contributed by atoms with Gasteiger partial charge in [-0.2, -0.15) is 0 Å². The number of hydrogen-bond donors (Lipinski definition) is 2. The average Bonchev–Trinajstić information content (AvgIpc) is 2.42. The van der Waals surface area contributed by atoms with Crippen LogP contribution in [0.1, 0.15) is 25.7 Å². The summed E-state index contributed by atoms with van der Waals surface area (Å²) in [6, 6.07) is 8.03. The third-order valence-electron chi connectivity index (χ3n) is 3.80. The highest BCUT2D eigenvalue weighted by Crippen LogP contribution is 2.34. The molecule has 1 fully saturated rings. The van der Waals surface area contributed by atoms with E-state index in [4.69, 9.17) is 4.74 Å². The number of benzene rings is 1. The lowest BCUT2D eigenvalue weighted by Gasteiger charge is -2.40. The summed E-state index contributed by atoms with van der Waals surface area (Å²) in [5, 5.41) is 13.2. The second-order valence-electron chi connectivity index (χ2n) is 4.98. The van der Waals surface area contributed by atoms with Crippen molar-refractivity contribution in [2.24, 2.45) is 0 Å². The molecular weight excluding hydrogens is 294 g/mol. The molecule has 1 aliphatic carbocycles. The zero-order valence-corrected chi connectivity index (χ0v) is 12.2. The molecule has 3 nitrogen and oxygen atoms in total. The fourth-order valence-corrected chi connectivity index (χ4v) is 2.93. The van der Waals surface area contributed by atoms with E-state index in [-0.39, 0.29) is 12.1 Å². The fraction of sp³-hybridized carbons (Fsp3) is 0.571. The van der Waals surface area contributed by atoms with Crippen LogP contribution in [0.4, 0.5) is 5.69 Å². The van der Waals surface area contributed by atoms with E-state index in [0.717, 1.165) is 35.8 Å². The van der Waals surface area contributed by atoms with Gasteiger partial charge in [-0.15, -0.1) is 0 Å². The van der Waals surface area contributed by atoms with Crippen molar-refractivity contribution in [2.75, 3.05) is 19.0 Å². The lowest BCUT2D eigenvalue weighted by molar-refractivity contribution is 0.0411. The van der Waals surface area contributed by atoms with Gasteiger partial charge in [0.2, 0.25) is 0 Å². The summed E-state index contributed by atoms with van der Waals surface area (Å²) in [6.45, 7) is 0.158. The monoisotopic (exact) mass is 313 g/mol. The number of aliphatic hydroxyl groups is 1. The minimum atomic E-state index is -0.209. The number of halogens is 1. The van der Waals surface area contributed by atoms with E-state index in [1.165, 1.54) is 0 Å². The molecule has 100 valence electrons. The summed E-state index contributed by atoms with van der Waals surface area (Å²) in [5.41, 5.74) is 0.834. The quantitative estimate of drug-likeness (QED) is 0.897. The molecule has 1 aliphatic rings. The van der Waals surface area contributed by atoms with Crippen LogP contribution in [0, 0.1) is 0 Å². The van der Waals surface area contributed by atoms with E-state index >= 15 is 0 Å². The minimum Gasteiger partial charge on any atom is -0.394 e. The molecule has 0 atom stereocenters.